The first-order chi connectivity index (χ1) is 19.3. The molecule has 5 rings (SSSR count). The van der Waals surface area contributed by atoms with Crippen molar-refractivity contribution in [2.24, 2.45) is 7.05 Å². The third kappa shape index (κ3) is 6.08. The van der Waals surface area contributed by atoms with E-state index >= 15 is 0 Å². The highest BCUT2D eigenvalue weighted by atomic mass is 16.5. The summed E-state index contributed by atoms with van der Waals surface area (Å²) in [5.41, 5.74) is 5.72. The second-order valence-electron chi connectivity index (χ2n) is 10.5. The van der Waals surface area contributed by atoms with Gasteiger partial charge in [0.15, 0.2) is 0 Å². The van der Waals surface area contributed by atoms with Crippen LogP contribution in [0.4, 0.5) is 11.4 Å². The van der Waals surface area contributed by atoms with Crippen LogP contribution in [0.1, 0.15) is 23.2 Å². The monoisotopic (exact) mass is 542 g/mol. The van der Waals surface area contributed by atoms with E-state index in [-0.39, 0.29) is 5.91 Å². The van der Waals surface area contributed by atoms with Crippen LogP contribution in [0.25, 0.3) is 22.3 Å². The highest BCUT2D eigenvalue weighted by Gasteiger charge is 2.22. The number of piperidine rings is 1. The Kier molecular flexibility index (Phi) is 8.27. The first-order valence-corrected chi connectivity index (χ1v) is 13.7. The van der Waals surface area contributed by atoms with E-state index in [4.69, 9.17) is 9.72 Å². The molecule has 1 aliphatic rings. The summed E-state index contributed by atoms with van der Waals surface area (Å²) in [6.07, 6.45) is 7.83. The Hall–Kier alpha value is -4.02. The molecule has 1 N–H and O–H groups in total. The maximum Gasteiger partial charge on any atom is 0.251 e. The topological polar surface area (TPSA) is 91.7 Å². The minimum absolute atomic E-state index is 0.156. The van der Waals surface area contributed by atoms with Crippen molar-refractivity contribution in [1.82, 2.24) is 34.9 Å². The van der Waals surface area contributed by atoms with Gasteiger partial charge >= 0.3 is 0 Å². The molecule has 10 nitrogen and oxygen atoms in total. The lowest BCUT2D eigenvalue weighted by Crippen LogP contribution is -2.44. The Balaban J connectivity index is 1.50. The number of hydrogen-bond donors (Lipinski definition) is 1. The van der Waals surface area contributed by atoms with E-state index in [0.29, 0.717) is 17.4 Å². The van der Waals surface area contributed by atoms with E-state index in [1.807, 2.05) is 31.4 Å². The Bertz CT molecular complexity index is 1480. The van der Waals surface area contributed by atoms with Gasteiger partial charge in [0.1, 0.15) is 5.75 Å². The summed E-state index contributed by atoms with van der Waals surface area (Å²) in [4.78, 5) is 29.3. The first kappa shape index (κ1) is 27.5. The van der Waals surface area contributed by atoms with Gasteiger partial charge in [0.2, 0.25) is 0 Å². The summed E-state index contributed by atoms with van der Waals surface area (Å²) in [6.45, 7) is 3.77. The number of carbonyl (C=O) groups is 1. The predicted molar refractivity (Wildman–Crippen MR) is 158 cm³/mol. The highest BCUT2D eigenvalue weighted by Crippen LogP contribution is 2.32. The lowest BCUT2D eigenvalue weighted by Gasteiger charge is -2.36. The van der Waals surface area contributed by atoms with Crippen LogP contribution in [-0.2, 0) is 7.05 Å². The van der Waals surface area contributed by atoms with Gasteiger partial charge in [0.05, 0.1) is 36.2 Å². The number of methoxy groups -OCH3 is 1. The van der Waals surface area contributed by atoms with Gasteiger partial charge < -0.3 is 24.8 Å². The van der Waals surface area contributed by atoms with Crippen molar-refractivity contribution in [3.63, 3.8) is 0 Å². The minimum atomic E-state index is -0.156. The highest BCUT2D eigenvalue weighted by molar-refractivity contribution is 5.96. The molecule has 40 heavy (non-hydrogen) atoms. The Morgan fingerprint density at radius 3 is 2.55 bits per heavy atom. The van der Waals surface area contributed by atoms with Crippen LogP contribution >= 0.6 is 0 Å². The van der Waals surface area contributed by atoms with Crippen molar-refractivity contribution < 1.29 is 9.53 Å². The average molecular weight is 543 g/mol. The molecule has 1 saturated heterocycles. The van der Waals surface area contributed by atoms with Crippen molar-refractivity contribution >= 4 is 28.3 Å². The van der Waals surface area contributed by atoms with Crippen LogP contribution < -0.4 is 15.0 Å². The summed E-state index contributed by atoms with van der Waals surface area (Å²) in [7, 11) is 9.47. The van der Waals surface area contributed by atoms with Crippen molar-refractivity contribution in [1.29, 1.82) is 0 Å². The molecular formula is C30H38N8O2. The van der Waals surface area contributed by atoms with E-state index in [0.717, 1.165) is 72.7 Å². The first-order valence-electron chi connectivity index (χ1n) is 13.7. The SMILES string of the molecule is CNC(=O)c1cc(OC)cc(N(CCN2CCC(N(C)C)CC2)c2ccc3ncc(-c4cnn(C)c4)nc3c2)c1. The average Bonchev–Trinajstić information content (AvgIpc) is 3.42. The van der Waals surface area contributed by atoms with Gasteiger partial charge in [-0.1, -0.05) is 0 Å². The molecule has 0 saturated carbocycles. The van der Waals surface area contributed by atoms with E-state index < -0.39 is 0 Å². The number of hydrogen-bond acceptors (Lipinski definition) is 8. The van der Waals surface area contributed by atoms with E-state index in [9.17, 15) is 4.79 Å². The number of ether oxygens (including phenoxy) is 1. The molecule has 1 fully saturated rings. The van der Waals surface area contributed by atoms with E-state index in [1.54, 1.807) is 37.3 Å². The smallest absolute Gasteiger partial charge is 0.251 e. The van der Waals surface area contributed by atoms with Gasteiger partial charge in [-0.15, -0.1) is 0 Å². The van der Waals surface area contributed by atoms with Gasteiger partial charge in [-0.3, -0.25) is 14.5 Å². The van der Waals surface area contributed by atoms with Gasteiger partial charge in [-0.2, -0.15) is 5.10 Å². The van der Waals surface area contributed by atoms with Crippen molar-refractivity contribution in [2.45, 2.75) is 18.9 Å². The summed E-state index contributed by atoms with van der Waals surface area (Å²) in [5.74, 6) is 0.476. The number of fused-ring (bicyclic) bond motifs is 1. The fourth-order valence-corrected chi connectivity index (χ4v) is 5.30. The van der Waals surface area contributed by atoms with Gasteiger partial charge in [0, 0.05) is 68.0 Å². The van der Waals surface area contributed by atoms with Crippen LogP contribution in [0.15, 0.2) is 55.0 Å². The minimum Gasteiger partial charge on any atom is -0.497 e. The molecule has 3 heterocycles. The zero-order valence-electron chi connectivity index (χ0n) is 24.0. The molecule has 0 bridgehead atoms. The second kappa shape index (κ2) is 12.0. The number of likely N-dealkylation sites (tertiary alicyclic amines) is 1. The Labute approximate surface area is 235 Å². The zero-order chi connectivity index (χ0) is 28.2. The Morgan fingerprint density at radius 1 is 1.07 bits per heavy atom. The van der Waals surface area contributed by atoms with Crippen LogP contribution in [0.2, 0.25) is 0 Å². The normalized spacial score (nSPS) is 14.6. The summed E-state index contributed by atoms with van der Waals surface area (Å²) in [6, 6.07) is 12.4. The van der Waals surface area contributed by atoms with Crippen molar-refractivity contribution in [3.8, 4) is 17.0 Å². The number of amides is 1. The number of benzene rings is 2. The molecule has 210 valence electrons. The molecule has 0 aliphatic carbocycles. The Morgan fingerprint density at radius 2 is 1.88 bits per heavy atom. The van der Waals surface area contributed by atoms with Gasteiger partial charge in [0.25, 0.3) is 5.91 Å². The third-order valence-electron chi connectivity index (χ3n) is 7.69. The van der Waals surface area contributed by atoms with Crippen LogP contribution in [0.5, 0.6) is 5.75 Å². The number of aromatic nitrogens is 4. The predicted octanol–water partition coefficient (Wildman–Crippen LogP) is 3.56. The maximum atomic E-state index is 12.6. The summed E-state index contributed by atoms with van der Waals surface area (Å²) in [5, 5.41) is 7.01. The van der Waals surface area contributed by atoms with Crippen molar-refractivity contribution in [3.05, 3.63) is 60.6 Å². The molecule has 0 radical (unpaired) electrons. The van der Waals surface area contributed by atoms with Crippen LogP contribution in [-0.4, -0.2) is 95.9 Å². The number of nitrogens with one attached hydrogen (secondary N) is 1. The lowest BCUT2D eigenvalue weighted by atomic mass is 10.0. The number of aryl methyl sites for hydroxylation is 1. The largest absolute Gasteiger partial charge is 0.497 e. The number of rotatable bonds is 9. The zero-order valence-corrected chi connectivity index (χ0v) is 24.0. The fraction of sp³-hybridized carbons (Fsp3) is 0.400. The molecule has 0 spiro atoms. The number of carbonyl (C=O) groups excluding carboxylic acids is 1. The van der Waals surface area contributed by atoms with Gasteiger partial charge in [-0.05, 0) is 70.4 Å². The third-order valence-corrected chi connectivity index (χ3v) is 7.69. The van der Waals surface area contributed by atoms with Gasteiger partial charge in [-0.25, -0.2) is 4.98 Å². The standard InChI is InChI=1S/C30H38N8O2/c1-31-30(39)21-14-25(16-26(15-21)40-5)38(13-12-37-10-8-23(9-11-37)35(2)3)24-6-7-27-28(17-24)34-29(19-32-27)22-18-33-36(4)20-22/h6-7,14-20,23H,8-13H2,1-5H3,(H,31,39). The maximum absolute atomic E-state index is 12.6. The number of nitrogens with zero attached hydrogens (tertiary/aromatic N) is 7. The molecule has 1 aliphatic heterocycles. The second-order valence-corrected chi connectivity index (χ2v) is 10.5. The quantitative estimate of drug-likeness (QED) is 0.343. The number of anilines is 2. The molecule has 4 aromatic rings. The molecule has 2 aromatic carbocycles. The molecular weight excluding hydrogens is 504 g/mol. The summed E-state index contributed by atoms with van der Waals surface area (Å²) < 4.78 is 7.35. The van der Waals surface area contributed by atoms with Crippen LogP contribution in [0.3, 0.4) is 0 Å². The fourth-order valence-electron chi connectivity index (χ4n) is 5.30. The molecule has 0 atom stereocenters. The van der Waals surface area contributed by atoms with E-state index in [1.165, 1.54) is 0 Å². The lowest BCUT2D eigenvalue weighted by molar-refractivity contribution is 0.0962. The van der Waals surface area contributed by atoms with Crippen LogP contribution in [0, 0.1) is 0 Å². The molecule has 0 unspecified atom stereocenters. The molecule has 10 heteroatoms. The summed E-state index contributed by atoms with van der Waals surface area (Å²) >= 11 is 0. The van der Waals surface area contributed by atoms with Crippen molar-refractivity contribution in [2.75, 3.05) is 59.3 Å². The molecule has 1 amide bonds. The molecule has 2 aromatic heterocycles. The van der Waals surface area contributed by atoms with E-state index in [2.05, 4.69) is 56.3 Å².